The molecule has 1 saturated heterocycles. The number of amides is 5. The third kappa shape index (κ3) is 7.02. The fourth-order valence-electron chi connectivity index (χ4n) is 5.83. The van der Waals surface area contributed by atoms with Crippen molar-refractivity contribution in [2.24, 2.45) is 5.92 Å². The van der Waals surface area contributed by atoms with Gasteiger partial charge in [-0.1, -0.05) is 37.8 Å². The number of carbonyl (C=O) groups is 4. The van der Waals surface area contributed by atoms with Crippen LogP contribution in [0.3, 0.4) is 0 Å². The van der Waals surface area contributed by atoms with Crippen molar-refractivity contribution in [3.05, 3.63) is 29.8 Å². The van der Waals surface area contributed by atoms with Gasteiger partial charge in [-0.15, -0.1) is 0 Å². The van der Waals surface area contributed by atoms with E-state index >= 15 is 0 Å². The van der Waals surface area contributed by atoms with Crippen molar-refractivity contribution in [3.63, 3.8) is 0 Å². The fraction of sp³-hybridized carbons (Fsp3) is 0.643. The second-order valence-corrected chi connectivity index (χ2v) is 10.5. The molecule has 0 aromatic heterocycles. The van der Waals surface area contributed by atoms with Crippen LogP contribution in [-0.4, -0.2) is 65.8 Å². The van der Waals surface area contributed by atoms with Gasteiger partial charge >= 0.3 is 6.03 Å². The van der Waals surface area contributed by atoms with Crippen LogP contribution in [0.25, 0.3) is 0 Å². The van der Waals surface area contributed by atoms with Gasteiger partial charge < -0.3 is 20.3 Å². The number of nitrogens with zero attached hydrogens (tertiary/aromatic N) is 2. The van der Waals surface area contributed by atoms with Gasteiger partial charge in [0.2, 0.25) is 17.7 Å². The molecule has 2 aliphatic carbocycles. The van der Waals surface area contributed by atoms with Crippen LogP contribution in [0.4, 0.5) is 4.79 Å². The van der Waals surface area contributed by atoms with Crippen LogP contribution >= 0.6 is 0 Å². The Labute approximate surface area is 219 Å². The molecule has 2 N–H and O–H groups in total. The van der Waals surface area contributed by atoms with Gasteiger partial charge in [0.25, 0.3) is 0 Å². The van der Waals surface area contributed by atoms with Crippen LogP contribution in [0.1, 0.15) is 76.2 Å². The minimum atomic E-state index is -0.386. The Bertz CT molecular complexity index is 960. The minimum Gasteiger partial charge on any atom is -0.497 e. The first-order valence-electron chi connectivity index (χ1n) is 13.8. The van der Waals surface area contributed by atoms with E-state index in [1.54, 1.807) is 12.0 Å². The molecule has 9 heteroatoms. The lowest BCUT2D eigenvalue weighted by atomic mass is 9.81. The highest BCUT2D eigenvalue weighted by Gasteiger charge is 2.47. The summed E-state index contributed by atoms with van der Waals surface area (Å²) < 4.78 is 5.17. The summed E-state index contributed by atoms with van der Waals surface area (Å²) in [6.07, 6.45) is 9.40. The number of carbonyl (C=O) groups excluding carboxylic acids is 4. The summed E-state index contributed by atoms with van der Waals surface area (Å²) in [6.45, 7) is 0.565. The summed E-state index contributed by atoms with van der Waals surface area (Å²) in [5.74, 6) is 0.167. The first-order valence-corrected chi connectivity index (χ1v) is 13.8. The standard InChI is InChI=1S/C28H40N4O5/c1-37-22-15-13-20(14-16-22)18-29-26(34)19-32-24-11-5-4-10-23(24)27(35)31(28(32)36)17-7-6-12-25(33)30-21-8-2-3-9-21/h13-16,21,23-24H,2-12,17-19H2,1H3,(H,29,34)(H,30,33). The predicted molar refractivity (Wildman–Crippen MR) is 139 cm³/mol. The molecule has 2 saturated carbocycles. The molecule has 1 aliphatic heterocycles. The summed E-state index contributed by atoms with van der Waals surface area (Å²) in [5.41, 5.74) is 0.934. The van der Waals surface area contributed by atoms with Crippen molar-refractivity contribution in [2.75, 3.05) is 20.2 Å². The van der Waals surface area contributed by atoms with E-state index in [4.69, 9.17) is 4.74 Å². The van der Waals surface area contributed by atoms with Gasteiger partial charge in [0.05, 0.1) is 13.0 Å². The molecular formula is C28H40N4O5. The number of hydrogen-bond acceptors (Lipinski definition) is 5. The largest absolute Gasteiger partial charge is 0.497 e. The zero-order valence-electron chi connectivity index (χ0n) is 21.9. The van der Waals surface area contributed by atoms with Gasteiger partial charge in [-0.3, -0.25) is 19.3 Å². The number of benzene rings is 1. The molecule has 202 valence electrons. The molecule has 0 bridgehead atoms. The SMILES string of the molecule is COc1ccc(CNC(=O)CN2C(=O)N(CCCCC(=O)NC3CCCC3)C(=O)C3CCCCC32)cc1. The Hall–Kier alpha value is -3.10. The number of imide groups is 1. The highest BCUT2D eigenvalue weighted by Crippen LogP contribution is 2.34. The van der Waals surface area contributed by atoms with Gasteiger partial charge in [-0.05, 0) is 56.2 Å². The Balaban J connectivity index is 1.30. The summed E-state index contributed by atoms with van der Waals surface area (Å²) >= 11 is 0. The Morgan fingerprint density at radius 2 is 1.65 bits per heavy atom. The molecule has 9 nitrogen and oxygen atoms in total. The van der Waals surface area contributed by atoms with Gasteiger partial charge in [0.1, 0.15) is 12.3 Å². The number of urea groups is 1. The fourth-order valence-corrected chi connectivity index (χ4v) is 5.83. The molecule has 0 spiro atoms. The third-order valence-corrected chi connectivity index (χ3v) is 7.91. The molecule has 0 radical (unpaired) electrons. The average molecular weight is 513 g/mol. The smallest absolute Gasteiger partial charge is 0.327 e. The summed E-state index contributed by atoms with van der Waals surface area (Å²) in [7, 11) is 1.60. The second kappa shape index (κ2) is 12.9. The topological polar surface area (TPSA) is 108 Å². The average Bonchev–Trinajstić information content (AvgIpc) is 3.42. The van der Waals surface area contributed by atoms with Crippen molar-refractivity contribution >= 4 is 23.8 Å². The van der Waals surface area contributed by atoms with Gasteiger partial charge in [0.15, 0.2) is 0 Å². The van der Waals surface area contributed by atoms with Crippen LogP contribution in [0, 0.1) is 5.92 Å². The normalized spacial score (nSPS) is 22.1. The molecule has 1 aromatic rings. The van der Waals surface area contributed by atoms with E-state index in [1.807, 2.05) is 24.3 Å². The summed E-state index contributed by atoms with van der Waals surface area (Å²) in [6, 6.07) is 7.13. The monoisotopic (exact) mass is 512 g/mol. The van der Waals surface area contributed by atoms with Gasteiger partial charge in [0, 0.05) is 31.6 Å². The first-order chi connectivity index (χ1) is 18.0. The maximum absolute atomic E-state index is 13.4. The number of fused-ring (bicyclic) bond motifs is 1. The van der Waals surface area contributed by atoms with Crippen molar-refractivity contribution in [1.82, 2.24) is 20.4 Å². The summed E-state index contributed by atoms with van der Waals surface area (Å²) in [5, 5.41) is 5.98. The van der Waals surface area contributed by atoms with Crippen LogP contribution < -0.4 is 15.4 Å². The first kappa shape index (κ1) is 26.9. The number of ether oxygens (including phenoxy) is 1. The van der Waals surface area contributed by atoms with Crippen LogP contribution in [0.5, 0.6) is 5.75 Å². The van der Waals surface area contributed by atoms with Crippen molar-refractivity contribution in [2.45, 2.75) is 89.3 Å². The third-order valence-electron chi connectivity index (χ3n) is 7.91. The highest BCUT2D eigenvalue weighted by molar-refractivity contribution is 6.00. The highest BCUT2D eigenvalue weighted by atomic mass is 16.5. The van der Waals surface area contributed by atoms with E-state index in [1.165, 1.54) is 17.7 Å². The van der Waals surface area contributed by atoms with E-state index in [-0.39, 0.29) is 48.8 Å². The summed E-state index contributed by atoms with van der Waals surface area (Å²) in [4.78, 5) is 54.5. The van der Waals surface area contributed by atoms with E-state index in [2.05, 4.69) is 10.6 Å². The lowest BCUT2D eigenvalue weighted by molar-refractivity contribution is -0.142. The van der Waals surface area contributed by atoms with Crippen LogP contribution in [0.2, 0.25) is 0 Å². The Morgan fingerprint density at radius 3 is 2.38 bits per heavy atom. The molecule has 5 amide bonds. The van der Waals surface area contributed by atoms with E-state index in [0.29, 0.717) is 31.8 Å². The van der Waals surface area contributed by atoms with Gasteiger partial charge in [-0.2, -0.15) is 0 Å². The molecular weight excluding hydrogens is 472 g/mol. The predicted octanol–water partition coefficient (Wildman–Crippen LogP) is 3.36. The molecule has 1 aromatic carbocycles. The van der Waals surface area contributed by atoms with E-state index < -0.39 is 0 Å². The van der Waals surface area contributed by atoms with Crippen molar-refractivity contribution in [1.29, 1.82) is 0 Å². The van der Waals surface area contributed by atoms with Crippen LogP contribution in [-0.2, 0) is 20.9 Å². The maximum Gasteiger partial charge on any atom is 0.327 e. The number of rotatable bonds is 11. The van der Waals surface area contributed by atoms with Gasteiger partial charge in [-0.25, -0.2) is 4.79 Å². The molecule has 4 rings (SSSR count). The lowest BCUT2D eigenvalue weighted by Gasteiger charge is -2.46. The minimum absolute atomic E-state index is 0.0469. The zero-order chi connectivity index (χ0) is 26.2. The van der Waals surface area contributed by atoms with Crippen LogP contribution in [0.15, 0.2) is 24.3 Å². The molecule has 1 heterocycles. The number of methoxy groups -OCH3 is 1. The van der Waals surface area contributed by atoms with E-state index in [9.17, 15) is 19.2 Å². The Kier molecular flexibility index (Phi) is 9.41. The second-order valence-electron chi connectivity index (χ2n) is 10.5. The molecule has 37 heavy (non-hydrogen) atoms. The molecule has 2 atom stereocenters. The van der Waals surface area contributed by atoms with Crippen molar-refractivity contribution < 1.29 is 23.9 Å². The molecule has 3 fully saturated rings. The molecule has 2 unspecified atom stereocenters. The lowest BCUT2D eigenvalue weighted by Crippen LogP contribution is -2.63. The van der Waals surface area contributed by atoms with E-state index in [0.717, 1.165) is 49.8 Å². The number of unbranched alkanes of at least 4 members (excludes halogenated alkanes) is 1. The number of nitrogens with one attached hydrogen (secondary N) is 2. The Morgan fingerprint density at radius 1 is 0.946 bits per heavy atom. The quantitative estimate of drug-likeness (QED) is 0.442. The molecule has 3 aliphatic rings. The maximum atomic E-state index is 13.4. The van der Waals surface area contributed by atoms with Crippen molar-refractivity contribution in [3.8, 4) is 5.75 Å². The zero-order valence-corrected chi connectivity index (χ0v) is 21.9. The number of hydrogen-bond donors (Lipinski definition) is 2.